The van der Waals surface area contributed by atoms with Crippen LogP contribution in [0.15, 0.2) is 309 Å². The normalized spacial score (nSPS) is 12.1. The highest BCUT2D eigenvalue weighted by Crippen LogP contribution is 2.45. The van der Waals surface area contributed by atoms with Gasteiger partial charge in [-0.05, 0) is 132 Å². The standard InChI is InChI=1S/C78H51N3Si/c1-4-21-52(22-5-1)53-23-20-28-60(49-53)82(57-24-6-2-7-25-57,58-26-8-3-9-27-58)59-43-39-54(40-44-59)79-75-47-42-56(51-70(75)78-76(79)48-45-68-63-31-11-10-29-61(63)62-30-12-13-35-67(62)77(68)78)81-73-38-19-16-34-66(73)69-50-55(41-46-74(69)81)80-71-36-17-14-32-64(71)65-33-15-18-37-72(65)80/h1-51H. The van der Waals surface area contributed by atoms with Crippen molar-refractivity contribution in [3.8, 4) is 28.2 Å². The molecule has 17 aromatic rings. The minimum Gasteiger partial charge on any atom is -0.309 e. The lowest BCUT2D eigenvalue weighted by Crippen LogP contribution is -2.74. The van der Waals surface area contributed by atoms with Gasteiger partial charge in [0.1, 0.15) is 0 Å². The summed E-state index contributed by atoms with van der Waals surface area (Å²) in [6, 6.07) is 116. The van der Waals surface area contributed by atoms with Crippen LogP contribution in [-0.2, 0) is 0 Å². The third-order valence-electron chi connectivity index (χ3n) is 17.7. The van der Waals surface area contributed by atoms with Gasteiger partial charge in [0.2, 0.25) is 0 Å². The molecule has 0 atom stereocenters. The molecule has 17 rings (SSSR count). The van der Waals surface area contributed by atoms with Crippen LogP contribution in [0.1, 0.15) is 0 Å². The van der Waals surface area contributed by atoms with Crippen LogP contribution in [0, 0.1) is 0 Å². The first-order valence-electron chi connectivity index (χ1n) is 28.4. The molecule has 0 spiro atoms. The van der Waals surface area contributed by atoms with Gasteiger partial charge in [0, 0.05) is 54.8 Å². The lowest BCUT2D eigenvalue weighted by molar-refractivity contribution is 1.16. The summed E-state index contributed by atoms with van der Waals surface area (Å²) >= 11 is 0. The van der Waals surface area contributed by atoms with Gasteiger partial charge in [0.25, 0.3) is 0 Å². The van der Waals surface area contributed by atoms with E-state index >= 15 is 0 Å². The van der Waals surface area contributed by atoms with Gasteiger partial charge in [-0.1, -0.05) is 237 Å². The molecule has 4 heteroatoms. The van der Waals surface area contributed by atoms with Crippen molar-refractivity contribution >= 4 is 127 Å². The fraction of sp³-hybridized carbons (Fsp3) is 0. The molecule has 0 bridgehead atoms. The number of hydrogen-bond acceptors (Lipinski definition) is 0. The lowest BCUT2D eigenvalue weighted by atomic mass is 9.92. The van der Waals surface area contributed by atoms with Crippen molar-refractivity contribution in [2.45, 2.75) is 0 Å². The molecule has 0 fully saturated rings. The average molecular weight is 1060 g/mol. The molecular formula is C78H51N3Si. The zero-order valence-electron chi connectivity index (χ0n) is 44.8. The van der Waals surface area contributed by atoms with E-state index in [-0.39, 0.29) is 0 Å². The maximum atomic E-state index is 2.52. The molecule has 0 unspecified atom stereocenters. The van der Waals surface area contributed by atoms with E-state index in [9.17, 15) is 0 Å². The van der Waals surface area contributed by atoms with Crippen molar-refractivity contribution in [1.29, 1.82) is 0 Å². The third kappa shape index (κ3) is 6.76. The van der Waals surface area contributed by atoms with Crippen LogP contribution in [0.5, 0.6) is 0 Å². The Hall–Kier alpha value is -10.5. The summed E-state index contributed by atoms with van der Waals surface area (Å²) in [5, 5.41) is 20.4. The maximum absolute atomic E-state index is 2.91. The zero-order valence-corrected chi connectivity index (χ0v) is 45.8. The molecule has 0 saturated heterocycles. The number of aromatic nitrogens is 3. The second-order valence-corrected chi connectivity index (χ2v) is 25.7. The molecule has 0 aliphatic carbocycles. The van der Waals surface area contributed by atoms with E-state index in [0.717, 1.165) is 22.6 Å². The third-order valence-corrected chi connectivity index (χ3v) is 22.5. The van der Waals surface area contributed by atoms with Crippen LogP contribution >= 0.6 is 0 Å². The highest BCUT2D eigenvalue weighted by Gasteiger charge is 2.41. The van der Waals surface area contributed by atoms with Gasteiger partial charge in [-0.15, -0.1) is 0 Å². The molecule has 0 aliphatic heterocycles. The molecule has 0 radical (unpaired) electrons. The molecule has 3 nitrogen and oxygen atoms in total. The highest BCUT2D eigenvalue weighted by atomic mass is 28.3. The van der Waals surface area contributed by atoms with Crippen molar-refractivity contribution in [2.75, 3.05) is 0 Å². The van der Waals surface area contributed by atoms with Gasteiger partial charge in [-0.2, -0.15) is 0 Å². The Labute approximate surface area is 475 Å². The maximum Gasteiger partial charge on any atom is 0.179 e. The molecule has 3 aromatic heterocycles. The number of rotatable bonds is 8. The molecule has 0 N–H and O–H groups in total. The second kappa shape index (κ2) is 18.3. The van der Waals surface area contributed by atoms with E-state index in [4.69, 9.17) is 0 Å². The molecule has 382 valence electrons. The topological polar surface area (TPSA) is 14.8 Å². The number of fused-ring (bicyclic) bond motifs is 16. The fourth-order valence-electron chi connectivity index (χ4n) is 14.3. The number of benzene rings is 14. The molecule has 14 aromatic carbocycles. The number of hydrogen-bond donors (Lipinski definition) is 0. The zero-order chi connectivity index (χ0) is 53.9. The summed E-state index contributed by atoms with van der Waals surface area (Å²) in [5.74, 6) is 0. The van der Waals surface area contributed by atoms with Crippen molar-refractivity contribution < 1.29 is 0 Å². The second-order valence-electron chi connectivity index (χ2n) is 21.9. The average Bonchev–Trinajstić information content (AvgIpc) is 2.84. The van der Waals surface area contributed by atoms with Crippen LogP contribution in [0.3, 0.4) is 0 Å². The smallest absolute Gasteiger partial charge is 0.179 e. The lowest BCUT2D eigenvalue weighted by Gasteiger charge is -2.35. The van der Waals surface area contributed by atoms with Crippen molar-refractivity contribution in [3.05, 3.63) is 309 Å². The van der Waals surface area contributed by atoms with Gasteiger partial charge >= 0.3 is 0 Å². The summed E-state index contributed by atoms with van der Waals surface area (Å²) in [5.41, 5.74) is 12.9. The predicted molar refractivity (Wildman–Crippen MR) is 351 cm³/mol. The minimum atomic E-state index is -2.91. The monoisotopic (exact) mass is 1060 g/mol. The Kier molecular flexibility index (Phi) is 10.3. The summed E-state index contributed by atoms with van der Waals surface area (Å²) in [6.45, 7) is 0. The van der Waals surface area contributed by atoms with Gasteiger partial charge in [0.15, 0.2) is 8.07 Å². The van der Waals surface area contributed by atoms with E-state index in [2.05, 4.69) is 323 Å². The summed E-state index contributed by atoms with van der Waals surface area (Å²) < 4.78 is 7.44. The Bertz CT molecular complexity index is 5250. The van der Waals surface area contributed by atoms with Crippen LogP contribution in [0.4, 0.5) is 0 Å². The SMILES string of the molecule is c1ccc(-c2cccc([Si](c3ccccc3)(c3ccccc3)c3ccc(-n4c5ccc(-n6c7ccccc7c7cc(-n8c9ccccc9c9ccccc98)ccc76)cc5c5c6c7ccccc7c7ccccc7c6ccc54)cc3)c2)cc1. The van der Waals surface area contributed by atoms with E-state index in [1.165, 1.54) is 124 Å². The van der Waals surface area contributed by atoms with Gasteiger partial charge in [-0.25, -0.2) is 0 Å². The van der Waals surface area contributed by atoms with Crippen molar-refractivity contribution in [1.82, 2.24) is 13.7 Å². The van der Waals surface area contributed by atoms with E-state index in [1.54, 1.807) is 0 Å². The molecular weight excluding hydrogens is 1010 g/mol. The molecule has 82 heavy (non-hydrogen) atoms. The quantitative estimate of drug-likeness (QED) is 0.0818. The molecule has 0 amide bonds. The van der Waals surface area contributed by atoms with Gasteiger partial charge in [-0.3, -0.25) is 0 Å². The Morgan fingerprint density at radius 3 is 1.12 bits per heavy atom. The van der Waals surface area contributed by atoms with Crippen LogP contribution < -0.4 is 20.7 Å². The Morgan fingerprint density at radius 2 is 0.549 bits per heavy atom. The van der Waals surface area contributed by atoms with Crippen LogP contribution in [0.25, 0.3) is 126 Å². The first-order valence-corrected chi connectivity index (χ1v) is 30.4. The van der Waals surface area contributed by atoms with Gasteiger partial charge in [0.05, 0.1) is 33.1 Å². The molecule has 0 aliphatic rings. The minimum absolute atomic E-state index is 1.12. The highest BCUT2D eigenvalue weighted by molar-refractivity contribution is 7.20. The Balaban J connectivity index is 0.914. The van der Waals surface area contributed by atoms with E-state index in [0.29, 0.717) is 0 Å². The van der Waals surface area contributed by atoms with E-state index in [1.807, 2.05) is 0 Å². The molecule has 0 saturated carbocycles. The summed E-state index contributed by atoms with van der Waals surface area (Å²) in [6.07, 6.45) is 0. The fourth-order valence-corrected chi connectivity index (χ4v) is 19.1. The van der Waals surface area contributed by atoms with Crippen LogP contribution in [-0.4, -0.2) is 21.8 Å². The number of para-hydroxylation sites is 3. The van der Waals surface area contributed by atoms with E-state index < -0.39 is 8.07 Å². The van der Waals surface area contributed by atoms with Crippen molar-refractivity contribution in [2.24, 2.45) is 0 Å². The first-order chi connectivity index (χ1) is 40.7. The van der Waals surface area contributed by atoms with Crippen LogP contribution in [0.2, 0.25) is 0 Å². The summed E-state index contributed by atoms with van der Waals surface area (Å²) in [7, 11) is -2.91. The predicted octanol–water partition coefficient (Wildman–Crippen LogP) is 17.5. The van der Waals surface area contributed by atoms with Crippen molar-refractivity contribution in [3.63, 3.8) is 0 Å². The summed E-state index contributed by atoms with van der Waals surface area (Å²) in [4.78, 5) is 0. The number of nitrogens with zero attached hydrogens (tertiary/aromatic N) is 3. The first kappa shape index (κ1) is 46.4. The Morgan fingerprint density at radius 1 is 0.183 bits per heavy atom. The molecule has 3 heterocycles. The largest absolute Gasteiger partial charge is 0.309 e. The van der Waals surface area contributed by atoms with Gasteiger partial charge < -0.3 is 13.7 Å².